The summed E-state index contributed by atoms with van der Waals surface area (Å²) in [4.78, 5) is 0. The first-order valence-electron chi connectivity index (χ1n) is 2.93. The molecule has 0 atom stereocenters. The largest absolute Gasteiger partial charge is 0.340 e. The van der Waals surface area contributed by atoms with Gasteiger partial charge in [0, 0.05) is 10.0 Å². The van der Waals surface area contributed by atoms with Gasteiger partial charge in [-0.05, 0) is 12.1 Å². The molecule has 0 bridgehead atoms. The van der Waals surface area contributed by atoms with E-state index in [-0.39, 0.29) is 5.56 Å². The van der Waals surface area contributed by atoms with E-state index in [1.165, 1.54) is 12.1 Å². The highest BCUT2D eigenvalue weighted by molar-refractivity contribution is 9.10. The maximum absolute atomic E-state index is 8.70. The molecule has 0 spiro atoms. The summed E-state index contributed by atoms with van der Waals surface area (Å²) < 4.78 is 0.677. The molecule has 1 rings (SSSR count). The van der Waals surface area contributed by atoms with Crippen LogP contribution in [0.4, 0.5) is 0 Å². The molecule has 0 aliphatic rings. The topological polar surface area (TPSA) is 60.7 Å². The van der Waals surface area contributed by atoms with E-state index in [2.05, 4.69) is 15.9 Å². The molecule has 3 N–H and O–H groups in total. The fourth-order valence-corrected chi connectivity index (χ4v) is 1.10. The van der Waals surface area contributed by atoms with Crippen LogP contribution in [0.15, 0.2) is 28.7 Å². The zero-order chi connectivity index (χ0) is 8.48. The van der Waals surface area contributed by atoms with Crippen LogP contribution in [-0.2, 0) is 5.97 Å². The van der Waals surface area contributed by atoms with Gasteiger partial charge in [0.05, 0.1) is 0 Å². The monoisotopic (exact) mass is 218 g/mol. The molecular formula is C7H7BrO3. The maximum atomic E-state index is 8.70. The molecule has 4 heteroatoms. The Bertz CT molecular complexity index is 254. The third-order valence-corrected chi connectivity index (χ3v) is 1.71. The Morgan fingerprint density at radius 1 is 1.18 bits per heavy atom. The molecule has 0 radical (unpaired) electrons. The molecule has 0 aromatic heterocycles. The first-order valence-corrected chi connectivity index (χ1v) is 3.72. The molecule has 0 saturated carbocycles. The van der Waals surface area contributed by atoms with Gasteiger partial charge in [-0.3, -0.25) is 0 Å². The molecular weight excluding hydrogens is 212 g/mol. The fourth-order valence-electron chi connectivity index (χ4n) is 0.697. The van der Waals surface area contributed by atoms with Crippen molar-refractivity contribution in [3.8, 4) is 0 Å². The Balaban J connectivity index is 3.06. The summed E-state index contributed by atoms with van der Waals surface area (Å²) >= 11 is 3.12. The predicted molar refractivity (Wildman–Crippen MR) is 42.5 cm³/mol. The Morgan fingerprint density at radius 3 is 2.18 bits per heavy atom. The van der Waals surface area contributed by atoms with Crippen LogP contribution in [0.25, 0.3) is 0 Å². The summed E-state index contributed by atoms with van der Waals surface area (Å²) in [6.07, 6.45) is 0. The van der Waals surface area contributed by atoms with Crippen LogP contribution in [0.5, 0.6) is 0 Å². The zero-order valence-corrected chi connectivity index (χ0v) is 7.12. The second-order valence-corrected chi connectivity index (χ2v) is 3.06. The Kier molecular flexibility index (Phi) is 2.29. The van der Waals surface area contributed by atoms with Crippen molar-refractivity contribution < 1.29 is 15.3 Å². The van der Waals surface area contributed by atoms with E-state index < -0.39 is 5.97 Å². The minimum atomic E-state index is -2.75. The van der Waals surface area contributed by atoms with Gasteiger partial charge in [-0.25, -0.2) is 0 Å². The van der Waals surface area contributed by atoms with Gasteiger partial charge in [-0.15, -0.1) is 0 Å². The van der Waals surface area contributed by atoms with Gasteiger partial charge in [-0.1, -0.05) is 28.1 Å². The summed E-state index contributed by atoms with van der Waals surface area (Å²) in [6.45, 7) is 0. The number of hydrogen-bond acceptors (Lipinski definition) is 3. The smallest absolute Gasteiger partial charge is 0.304 e. The lowest BCUT2D eigenvalue weighted by Gasteiger charge is -2.13. The minimum absolute atomic E-state index is 0.0341. The van der Waals surface area contributed by atoms with Crippen LogP contribution >= 0.6 is 15.9 Å². The van der Waals surface area contributed by atoms with Gasteiger partial charge in [-0.2, -0.15) is 0 Å². The van der Waals surface area contributed by atoms with Crippen LogP contribution in [0.3, 0.4) is 0 Å². The van der Waals surface area contributed by atoms with Crippen LogP contribution in [0.1, 0.15) is 5.56 Å². The molecule has 0 heterocycles. The van der Waals surface area contributed by atoms with Crippen molar-refractivity contribution in [3.05, 3.63) is 34.3 Å². The Labute approximate surface area is 72.0 Å². The van der Waals surface area contributed by atoms with E-state index in [4.69, 9.17) is 15.3 Å². The molecule has 0 aliphatic carbocycles. The first kappa shape index (κ1) is 8.67. The summed E-state index contributed by atoms with van der Waals surface area (Å²) in [7, 11) is 0. The lowest BCUT2D eigenvalue weighted by molar-refractivity contribution is -0.323. The van der Waals surface area contributed by atoms with E-state index in [9.17, 15) is 0 Å². The van der Waals surface area contributed by atoms with Crippen LogP contribution in [0.2, 0.25) is 0 Å². The standard InChI is InChI=1S/C7H7BrO3/c8-6-3-1-2-5(4-6)7(9,10)11/h1-4,9-11H. The highest BCUT2D eigenvalue weighted by atomic mass is 79.9. The van der Waals surface area contributed by atoms with Crippen molar-refractivity contribution >= 4 is 15.9 Å². The average Bonchev–Trinajstić information content (AvgIpc) is 1.86. The third-order valence-electron chi connectivity index (χ3n) is 1.21. The molecule has 0 saturated heterocycles. The second-order valence-electron chi connectivity index (χ2n) is 2.15. The van der Waals surface area contributed by atoms with E-state index in [0.29, 0.717) is 4.47 Å². The van der Waals surface area contributed by atoms with Crippen molar-refractivity contribution in [2.75, 3.05) is 0 Å². The van der Waals surface area contributed by atoms with Crippen molar-refractivity contribution in [2.24, 2.45) is 0 Å². The second kappa shape index (κ2) is 2.91. The van der Waals surface area contributed by atoms with Crippen molar-refractivity contribution in [3.63, 3.8) is 0 Å². The van der Waals surface area contributed by atoms with Gasteiger partial charge in [0.25, 0.3) is 0 Å². The van der Waals surface area contributed by atoms with Gasteiger partial charge < -0.3 is 15.3 Å². The van der Waals surface area contributed by atoms with Crippen molar-refractivity contribution in [2.45, 2.75) is 5.97 Å². The summed E-state index contributed by atoms with van der Waals surface area (Å²) in [6, 6.07) is 6.14. The third kappa shape index (κ3) is 2.27. The Hall–Kier alpha value is -0.420. The van der Waals surface area contributed by atoms with E-state index in [0.717, 1.165) is 0 Å². The van der Waals surface area contributed by atoms with Crippen LogP contribution < -0.4 is 0 Å². The number of benzene rings is 1. The van der Waals surface area contributed by atoms with Gasteiger partial charge in [0.1, 0.15) is 0 Å². The quantitative estimate of drug-likeness (QED) is 0.604. The van der Waals surface area contributed by atoms with Gasteiger partial charge >= 0.3 is 5.97 Å². The fraction of sp³-hybridized carbons (Fsp3) is 0.143. The van der Waals surface area contributed by atoms with Crippen molar-refractivity contribution in [1.82, 2.24) is 0 Å². The molecule has 0 aliphatic heterocycles. The molecule has 0 fully saturated rings. The van der Waals surface area contributed by atoms with Gasteiger partial charge in [0.15, 0.2) is 0 Å². The molecule has 3 nitrogen and oxygen atoms in total. The van der Waals surface area contributed by atoms with Crippen molar-refractivity contribution in [1.29, 1.82) is 0 Å². The molecule has 0 amide bonds. The van der Waals surface area contributed by atoms with E-state index in [1.54, 1.807) is 12.1 Å². The van der Waals surface area contributed by atoms with Gasteiger partial charge in [0.2, 0.25) is 0 Å². The summed E-state index contributed by atoms with van der Waals surface area (Å²) in [5, 5.41) is 26.1. The predicted octanol–water partition coefficient (Wildman–Crippen LogP) is 0.536. The number of rotatable bonds is 1. The first-order chi connectivity index (χ1) is 5.00. The van der Waals surface area contributed by atoms with E-state index >= 15 is 0 Å². The zero-order valence-electron chi connectivity index (χ0n) is 5.53. The number of aliphatic hydroxyl groups is 3. The normalized spacial score (nSPS) is 11.6. The van der Waals surface area contributed by atoms with E-state index in [1.807, 2.05) is 0 Å². The summed E-state index contributed by atoms with van der Waals surface area (Å²) in [5.74, 6) is -2.75. The average molecular weight is 219 g/mol. The lowest BCUT2D eigenvalue weighted by Crippen LogP contribution is -2.23. The number of hydrogen-bond donors (Lipinski definition) is 3. The molecule has 60 valence electrons. The lowest BCUT2D eigenvalue weighted by atomic mass is 10.2. The molecule has 11 heavy (non-hydrogen) atoms. The highest BCUT2D eigenvalue weighted by Crippen LogP contribution is 2.18. The number of halogens is 1. The molecule has 0 unspecified atom stereocenters. The Morgan fingerprint density at radius 2 is 1.82 bits per heavy atom. The minimum Gasteiger partial charge on any atom is -0.340 e. The maximum Gasteiger partial charge on any atom is 0.304 e. The van der Waals surface area contributed by atoms with Crippen LogP contribution in [-0.4, -0.2) is 15.3 Å². The molecule has 1 aromatic rings. The molecule has 1 aromatic carbocycles. The summed E-state index contributed by atoms with van der Waals surface area (Å²) in [5.41, 5.74) is 0.0341. The van der Waals surface area contributed by atoms with Crippen LogP contribution in [0, 0.1) is 0 Å². The SMILES string of the molecule is OC(O)(O)c1cccc(Br)c1. The highest BCUT2D eigenvalue weighted by Gasteiger charge is 2.20.